The second-order valence-electron chi connectivity index (χ2n) is 8.41. The zero-order valence-electron chi connectivity index (χ0n) is 18.0. The van der Waals surface area contributed by atoms with E-state index in [1.807, 2.05) is 41.5 Å². The van der Waals surface area contributed by atoms with Crippen LogP contribution < -0.4 is 11.2 Å². The fourth-order valence-electron chi connectivity index (χ4n) is 2.71. The molecule has 0 aliphatic carbocycles. The lowest BCUT2D eigenvalue weighted by molar-refractivity contribution is 0.373. The van der Waals surface area contributed by atoms with Crippen LogP contribution in [0.15, 0.2) is 19.1 Å². The molecule has 0 aliphatic rings. The number of thioether (sulfide) groups is 1. The van der Waals surface area contributed by atoms with Gasteiger partial charge in [-0.1, -0.05) is 51.5 Å². The Kier molecular flexibility index (Phi) is 5.42. The number of rotatable bonds is 4. The van der Waals surface area contributed by atoms with Gasteiger partial charge in [0.25, 0.3) is 5.56 Å². The largest absolute Gasteiger partial charge is 0.338 e. The Morgan fingerprint density at radius 2 is 1.66 bits per heavy atom. The highest BCUT2D eigenvalue weighted by atomic mass is 32.2. The predicted molar refractivity (Wildman–Crippen MR) is 111 cm³/mol. The molecule has 0 saturated carbocycles. The highest BCUT2D eigenvalue weighted by Gasteiger charge is 2.26. The molecule has 0 amide bonds. The molecule has 0 saturated heterocycles. The third-order valence-corrected chi connectivity index (χ3v) is 5.62. The van der Waals surface area contributed by atoms with Crippen LogP contribution in [0.4, 0.5) is 0 Å². The zero-order valence-corrected chi connectivity index (χ0v) is 18.8. The summed E-state index contributed by atoms with van der Waals surface area (Å²) in [4.78, 5) is 39.0. The van der Waals surface area contributed by atoms with Crippen LogP contribution in [0.5, 0.6) is 0 Å². The van der Waals surface area contributed by atoms with E-state index in [0.717, 1.165) is 4.57 Å². The minimum atomic E-state index is -0.427. The van der Waals surface area contributed by atoms with Gasteiger partial charge >= 0.3 is 5.69 Å². The molecule has 0 spiro atoms. The lowest BCUT2D eigenvalue weighted by Gasteiger charge is -2.20. The summed E-state index contributed by atoms with van der Waals surface area (Å²) in [6, 6.07) is 0. The number of fused-ring (bicyclic) bond motifs is 1. The Balaban J connectivity index is 2.21. The second-order valence-corrected chi connectivity index (χ2v) is 9.74. The molecule has 29 heavy (non-hydrogen) atoms. The number of aromatic nitrogens is 6. The lowest BCUT2D eigenvalue weighted by atomic mass is 9.96. The molecule has 0 aromatic carbocycles. The Morgan fingerprint density at radius 3 is 2.21 bits per heavy atom. The number of aryl methyl sites for hydroxylation is 1. The first kappa shape index (κ1) is 21.2. The molecule has 10 heteroatoms. The topological polar surface area (TPSA) is 109 Å². The average Bonchev–Trinajstić information content (AvgIpc) is 3.14. The van der Waals surface area contributed by atoms with Crippen molar-refractivity contribution in [3.8, 4) is 0 Å². The van der Waals surface area contributed by atoms with Crippen molar-refractivity contribution in [3.63, 3.8) is 0 Å². The van der Waals surface area contributed by atoms with Crippen LogP contribution in [0.25, 0.3) is 11.0 Å². The van der Waals surface area contributed by atoms with E-state index in [9.17, 15) is 9.59 Å². The van der Waals surface area contributed by atoms with Crippen LogP contribution in [0.3, 0.4) is 0 Å². The van der Waals surface area contributed by atoms with Gasteiger partial charge in [0, 0.05) is 25.4 Å². The molecule has 0 aliphatic heterocycles. The van der Waals surface area contributed by atoms with Gasteiger partial charge in [-0.15, -0.1) is 0 Å². The summed E-state index contributed by atoms with van der Waals surface area (Å²) in [6.07, 6.45) is 0. The van der Waals surface area contributed by atoms with E-state index in [4.69, 9.17) is 4.52 Å². The van der Waals surface area contributed by atoms with Crippen molar-refractivity contribution in [2.75, 3.05) is 0 Å². The summed E-state index contributed by atoms with van der Waals surface area (Å²) in [5.41, 5.74) is -0.893. The molecule has 156 valence electrons. The molecule has 3 rings (SSSR count). The maximum atomic E-state index is 12.9. The fraction of sp³-hybridized carbons (Fsp3) is 0.579. The highest BCUT2D eigenvalue weighted by molar-refractivity contribution is 7.99. The SMILES string of the molecule is CC(C)c1noc([C@@H](C)Sc2nc(C(C)(C)C)nc3c2c(=O)n(C)c(=O)n3C)n1. The van der Waals surface area contributed by atoms with Gasteiger partial charge in [0.1, 0.15) is 16.2 Å². The van der Waals surface area contributed by atoms with Crippen molar-refractivity contribution in [1.82, 2.24) is 29.2 Å². The molecule has 0 bridgehead atoms. The molecule has 3 aromatic rings. The molecule has 3 heterocycles. The van der Waals surface area contributed by atoms with Crippen LogP contribution in [0.2, 0.25) is 0 Å². The Hall–Kier alpha value is -2.49. The van der Waals surface area contributed by atoms with Gasteiger partial charge in [-0.2, -0.15) is 4.98 Å². The Labute approximate surface area is 172 Å². The first-order valence-electron chi connectivity index (χ1n) is 9.40. The monoisotopic (exact) mass is 418 g/mol. The molecular weight excluding hydrogens is 392 g/mol. The molecule has 0 unspecified atom stereocenters. The fourth-order valence-corrected chi connectivity index (χ4v) is 3.68. The lowest BCUT2D eigenvalue weighted by Crippen LogP contribution is -2.38. The number of nitrogens with zero attached hydrogens (tertiary/aromatic N) is 6. The van der Waals surface area contributed by atoms with Crippen molar-refractivity contribution >= 4 is 22.8 Å². The number of hydrogen-bond donors (Lipinski definition) is 0. The third kappa shape index (κ3) is 3.85. The summed E-state index contributed by atoms with van der Waals surface area (Å²) in [5.74, 6) is 1.80. The maximum Gasteiger partial charge on any atom is 0.332 e. The van der Waals surface area contributed by atoms with Crippen LogP contribution >= 0.6 is 11.8 Å². The van der Waals surface area contributed by atoms with Gasteiger partial charge in [0.05, 0.1) is 5.25 Å². The maximum absolute atomic E-state index is 12.9. The van der Waals surface area contributed by atoms with Crippen LogP contribution in [0, 0.1) is 0 Å². The molecule has 0 radical (unpaired) electrons. The average molecular weight is 419 g/mol. The van der Waals surface area contributed by atoms with Crippen LogP contribution in [0.1, 0.15) is 70.2 Å². The second kappa shape index (κ2) is 7.40. The van der Waals surface area contributed by atoms with Crippen molar-refractivity contribution in [3.05, 3.63) is 38.4 Å². The van der Waals surface area contributed by atoms with Gasteiger partial charge in [0.2, 0.25) is 5.89 Å². The molecule has 1 atom stereocenters. The van der Waals surface area contributed by atoms with E-state index < -0.39 is 11.2 Å². The van der Waals surface area contributed by atoms with E-state index in [1.165, 1.54) is 23.4 Å². The summed E-state index contributed by atoms with van der Waals surface area (Å²) >= 11 is 1.34. The van der Waals surface area contributed by atoms with Crippen molar-refractivity contribution < 1.29 is 4.52 Å². The quantitative estimate of drug-likeness (QED) is 0.470. The Morgan fingerprint density at radius 1 is 1.00 bits per heavy atom. The first-order chi connectivity index (χ1) is 13.4. The normalized spacial score (nSPS) is 13.4. The van der Waals surface area contributed by atoms with Crippen molar-refractivity contribution in [2.45, 2.75) is 63.2 Å². The van der Waals surface area contributed by atoms with Gasteiger partial charge < -0.3 is 4.52 Å². The van der Waals surface area contributed by atoms with E-state index in [0.29, 0.717) is 33.6 Å². The zero-order chi connectivity index (χ0) is 21.7. The minimum absolute atomic E-state index is 0.152. The van der Waals surface area contributed by atoms with E-state index in [-0.39, 0.29) is 16.6 Å². The first-order valence-corrected chi connectivity index (χ1v) is 10.3. The molecular formula is C19H26N6O3S. The van der Waals surface area contributed by atoms with E-state index >= 15 is 0 Å². The molecule has 0 N–H and O–H groups in total. The summed E-state index contributed by atoms with van der Waals surface area (Å²) < 4.78 is 7.85. The van der Waals surface area contributed by atoms with Gasteiger partial charge in [-0.3, -0.25) is 13.9 Å². The molecule has 0 fully saturated rings. The summed E-state index contributed by atoms with van der Waals surface area (Å²) in [6.45, 7) is 11.8. The van der Waals surface area contributed by atoms with E-state index in [1.54, 1.807) is 7.05 Å². The van der Waals surface area contributed by atoms with Crippen LogP contribution in [-0.2, 0) is 19.5 Å². The van der Waals surface area contributed by atoms with Crippen LogP contribution in [-0.4, -0.2) is 29.2 Å². The van der Waals surface area contributed by atoms with Gasteiger partial charge in [-0.05, 0) is 6.92 Å². The molecule has 9 nitrogen and oxygen atoms in total. The van der Waals surface area contributed by atoms with Crippen molar-refractivity contribution in [2.24, 2.45) is 14.1 Å². The Bertz CT molecular complexity index is 1190. The molecule has 3 aromatic heterocycles. The van der Waals surface area contributed by atoms with Gasteiger partial charge in [0.15, 0.2) is 11.5 Å². The van der Waals surface area contributed by atoms with E-state index in [2.05, 4.69) is 20.1 Å². The summed E-state index contributed by atoms with van der Waals surface area (Å²) in [7, 11) is 3.06. The van der Waals surface area contributed by atoms with Gasteiger partial charge in [-0.25, -0.2) is 14.8 Å². The highest BCUT2D eigenvalue weighted by Crippen LogP contribution is 2.36. The number of hydrogen-bond acceptors (Lipinski definition) is 8. The van der Waals surface area contributed by atoms with Crippen molar-refractivity contribution in [1.29, 1.82) is 0 Å². The standard InChI is InChI=1S/C19H26N6O3S/c1-9(2)12-20-14(28-23-12)10(3)29-15-11-13(21-17(22-15)19(4,5)6)24(7)18(27)25(8)16(11)26/h9-10H,1-8H3/t10-/m1/s1. The minimum Gasteiger partial charge on any atom is -0.338 e. The third-order valence-electron chi connectivity index (χ3n) is 4.55. The summed E-state index contributed by atoms with van der Waals surface area (Å²) in [5, 5.41) is 4.58. The predicted octanol–water partition coefficient (Wildman–Crippen LogP) is 2.68. The smallest absolute Gasteiger partial charge is 0.332 e.